The lowest BCUT2D eigenvalue weighted by molar-refractivity contribution is -0.141. The summed E-state index contributed by atoms with van der Waals surface area (Å²) in [7, 11) is 0. The van der Waals surface area contributed by atoms with E-state index in [1.54, 1.807) is 0 Å². The molecule has 3 heterocycles. The van der Waals surface area contributed by atoms with Gasteiger partial charge in [-0.25, -0.2) is 9.59 Å². The van der Waals surface area contributed by atoms with E-state index < -0.39 is 24.1 Å². The van der Waals surface area contributed by atoms with Crippen LogP contribution in [0.1, 0.15) is 25.7 Å². The van der Waals surface area contributed by atoms with Gasteiger partial charge in [-0.3, -0.25) is 0 Å². The highest BCUT2D eigenvalue weighted by Crippen LogP contribution is 2.34. The van der Waals surface area contributed by atoms with Gasteiger partial charge in [0.15, 0.2) is 0 Å². The number of rotatable bonds is 2. The summed E-state index contributed by atoms with van der Waals surface area (Å²) in [5.74, 6) is -1.07. The number of aliphatic hydroxyl groups is 1. The van der Waals surface area contributed by atoms with Crippen molar-refractivity contribution in [3.63, 3.8) is 0 Å². The second-order valence-corrected chi connectivity index (χ2v) is 5.56. The number of fused-ring (bicyclic) bond motifs is 2. The van der Waals surface area contributed by atoms with Crippen LogP contribution in [0.15, 0.2) is 0 Å². The van der Waals surface area contributed by atoms with Crippen LogP contribution in [0.3, 0.4) is 0 Å². The van der Waals surface area contributed by atoms with Crippen LogP contribution in [0.2, 0.25) is 0 Å². The Labute approximate surface area is 110 Å². The van der Waals surface area contributed by atoms with Crippen LogP contribution >= 0.6 is 0 Å². The van der Waals surface area contributed by atoms with Gasteiger partial charge in [-0.2, -0.15) is 0 Å². The molecule has 7 nitrogen and oxygen atoms in total. The number of β-amino-alcohol motifs (C(OH)–C–C–N with tert-alkyl or cyclic N) is 1. The number of nitrogens with one attached hydrogen (secondary N) is 1. The van der Waals surface area contributed by atoms with E-state index in [9.17, 15) is 14.7 Å². The monoisotopic (exact) mass is 270 g/mol. The van der Waals surface area contributed by atoms with Gasteiger partial charge in [0, 0.05) is 13.0 Å². The van der Waals surface area contributed by atoms with Crippen molar-refractivity contribution in [2.45, 2.75) is 56.1 Å². The summed E-state index contributed by atoms with van der Waals surface area (Å²) in [6.07, 6.45) is 2.40. The van der Waals surface area contributed by atoms with Gasteiger partial charge in [-0.05, 0) is 19.3 Å². The van der Waals surface area contributed by atoms with Crippen LogP contribution < -0.4 is 5.32 Å². The largest absolute Gasteiger partial charge is 0.480 e. The zero-order valence-corrected chi connectivity index (χ0v) is 10.5. The molecule has 0 radical (unpaired) electrons. The van der Waals surface area contributed by atoms with E-state index in [4.69, 9.17) is 9.84 Å². The molecule has 2 bridgehead atoms. The predicted octanol–water partition coefficient (Wildman–Crippen LogP) is -0.464. The Kier molecular flexibility index (Phi) is 3.10. The highest BCUT2D eigenvalue weighted by molar-refractivity contribution is 5.83. The van der Waals surface area contributed by atoms with Gasteiger partial charge in [-0.1, -0.05) is 0 Å². The summed E-state index contributed by atoms with van der Waals surface area (Å²) >= 11 is 0. The van der Waals surface area contributed by atoms with Crippen LogP contribution in [0, 0.1) is 0 Å². The lowest BCUT2D eigenvalue weighted by Gasteiger charge is -2.26. The number of aliphatic hydroxyl groups excluding tert-OH is 1. The number of urea groups is 1. The molecular formula is C12H18N2O5. The number of hydrogen-bond acceptors (Lipinski definition) is 4. The van der Waals surface area contributed by atoms with E-state index in [0.717, 1.165) is 19.3 Å². The van der Waals surface area contributed by atoms with E-state index in [2.05, 4.69) is 5.32 Å². The predicted molar refractivity (Wildman–Crippen MR) is 63.6 cm³/mol. The van der Waals surface area contributed by atoms with E-state index in [1.807, 2.05) is 0 Å². The number of carboxylic acid groups (broad SMARTS) is 1. The van der Waals surface area contributed by atoms with Crippen molar-refractivity contribution < 1.29 is 24.5 Å². The summed E-state index contributed by atoms with van der Waals surface area (Å²) in [4.78, 5) is 24.4. The quantitative estimate of drug-likeness (QED) is 0.630. The summed E-state index contributed by atoms with van der Waals surface area (Å²) in [5, 5.41) is 21.4. The standard InChI is InChI=1S/C12H18N2O5/c15-6-3-9(11(16)17)14(5-6)12(18)13-8-4-7-1-2-10(8)19-7/h6-10,15H,1-5H2,(H,13,18)(H,16,17). The Balaban J connectivity index is 1.62. The summed E-state index contributed by atoms with van der Waals surface area (Å²) < 4.78 is 5.64. The Morgan fingerprint density at radius 2 is 2.05 bits per heavy atom. The van der Waals surface area contributed by atoms with Crippen molar-refractivity contribution in [2.75, 3.05) is 6.54 Å². The molecule has 0 aromatic rings. The van der Waals surface area contributed by atoms with E-state index in [0.29, 0.717) is 0 Å². The number of aliphatic carboxylic acids is 1. The number of carboxylic acids is 1. The molecule has 3 aliphatic rings. The Bertz CT molecular complexity index is 402. The lowest BCUT2D eigenvalue weighted by Crippen LogP contribution is -2.51. The minimum absolute atomic E-state index is 0.0292. The van der Waals surface area contributed by atoms with Crippen molar-refractivity contribution in [1.82, 2.24) is 10.2 Å². The maximum Gasteiger partial charge on any atom is 0.326 e. The molecule has 0 aromatic carbocycles. The van der Waals surface area contributed by atoms with Crippen molar-refractivity contribution in [3.8, 4) is 0 Å². The SMILES string of the molecule is O=C(O)C1CC(O)CN1C(=O)NC1CC2CCC1O2. The van der Waals surface area contributed by atoms with Gasteiger partial charge < -0.3 is 25.2 Å². The minimum atomic E-state index is -1.07. The average Bonchev–Trinajstić information content (AvgIpc) is 3.02. The number of carbonyl (C=O) groups excluding carboxylic acids is 1. The third-order valence-electron chi connectivity index (χ3n) is 4.24. The number of hydrogen-bond donors (Lipinski definition) is 3. The van der Waals surface area contributed by atoms with Gasteiger partial charge in [0.25, 0.3) is 0 Å². The summed E-state index contributed by atoms with van der Waals surface area (Å²) in [5.41, 5.74) is 0. The Hall–Kier alpha value is -1.34. The molecule has 5 atom stereocenters. The third kappa shape index (κ3) is 2.28. The first-order chi connectivity index (χ1) is 9.04. The van der Waals surface area contributed by atoms with Gasteiger partial charge in [-0.15, -0.1) is 0 Å². The Morgan fingerprint density at radius 3 is 2.63 bits per heavy atom. The van der Waals surface area contributed by atoms with E-state index in [-0.39, 0.29) is 31.2 Å². The fourth-order valence-corrected chi connectivity index (χ4v) is 3.30. The zero-order valence-electron chi connectivity index (χ0n) is 10.5. The maximum absolute atomic E-state index is 12.1. The highest BCUT2D eigenvalue weighted by atomic mass is 16.5. The second kappa shape index (κ2) is 4.64. The molecule has 19 heavy (non-hydrogen) atoms. The van der Waals surface area contributed by atoms with Gasteiger partial charge in [0.2, 0.25) is 0 Å². The lowest BCUT2D eigenvalue weighted by atomic mass is 9.96. The first kappa shape index (κ1) is 12.7. The second-order valence-electron chi connectivity index (χ2n) is 5.56. The first-order valence-electron chi connectivity index (χ1n) is 6.68. The molecule has 7 heteroatoms. The van der Waals surface area contributed by atoms with Crippen LogP contribution in [0.5, 0.6) is 0 Å². The fourth-order valence-electron chi connectivity index (χ4n) is 3.30. The highest BCUT2D eigenvalue weighted by Gasteiger charge is 2.44. The molecule has 0 aliphatic carbocycles. The zero-order chi connectivity index (χ0) is 13.6. The van der Waals surface area contributed by atoms with Gasteiger partial charge in [0.1, 0.15) is 6.04 Å². The van der Waals surface area contributed by atoms with Gasteiger partial charge >= 0.3 is 12.0 Å². The molecule has 0 saturated carbocycles. The molecule has 106 valence electrons. The van der Waals surface area contributed by atoms with Crippen LogP contribution in [0.25, 0.3) is 0 Å². The Morgan fingerprint density at radius 1 is 1.26 bits per heavy atom. The van der Waals surface area contributed by atoms with Gasteiger partial charge in [0.05, 0.1) is 24.4 Å². The summed E-state index contributed by atoms with van der Waals surface area (Å²) in [6.45, 7) is 0.0739. The fraction of sp³-hybridized carbons (Fsp3) is 0.833. The van der Waals surface area contributed by atoms with E-state index >= 15 is 0 Å². The topological polar surface area (TPSA) is 99.1 Å². The van der Waals surface area contributed by atoms with E-state index in [1.165, 1.54) is 4.90 Å². The first-order valence-corrected chi connectivity index (χ1v) is 6.68. The summed E-state index contributed by atoms with van der Waals surface area (Å²) in [6, 6.07) is -1.38. The van der Waals surface area contributed by atoms with Crippen LogP contribution in [0.4, 0.5) is 4.79 Å². The molecular weight excluding hydrogens is 252 g/mol. The van der Waals surface area contributed by atoms with Crippen LogP contribution in [-0.2, 0) is 9.53 Å². The molecule has 3 aliphatic heterocycles. The van der Waals surface area contributed by atoms with Crippen molar-refractivity contribution >= 4 is 12.0 Å². The smallest absolute Gasteiger partial charge is 0.326 e. The van der Waals surface area contributed by atoms with Crippen molar-refractivity contribution in [3.05, 3.63) is 0 Å². The molecule has 3 saturated heterocycles. The number of carbonyl (C=O) groups is 2. The number of nitrogens with zero attached hydrogens (tertiary/aromatic N) is 1. The minimum Gasteiger partial charge on any atom is -0.480 e. The maximum atomic E-state index is 12.1. The van der Waals surface area contributed by atoms with Crippen molar-refractivity contribution in [1.29, 1.82) is 0 Å². The molecule has 3 N–H and O–H groups in total. The molecule has 0 aromatic heterocycles. The van der Waals surface area contributed by atoms with Crippen LogP contribution in [-0.4, -0.2) is 64.1 Å². The molecule has 2 amide bonds. The number of amides is 2. The normalized spacial score (nSPS) is 40.7. The van der Waals surface area contributed by atoms with Crippen molar-refractivity contribution in [2.24, 2.45) is 0 Å². The third-order valence-corrected chi connectivity index (χ3v) is 4.24. The number of ether oxygens (including phenoxy) is 1. The average molecular weight is 270 g/mol. The molecule has 0 spiro atoms. The molecule has 3 rings (SSSR count). The molecule has 3 fully saturated rings. The molecule has 5 unspecified atom stereocenters. The number of likely N-dealkylation sites (tertiary alicyclic amines) is 1.